The molecule has 14 heteroatoms. The summed E-state index contributed by atoms with van der Waals surface area (Å²) in [6.45, 7) is 2.14. The van der Waals surface area contributed by atoms with E-state index in [1.54, 1.807) is 43.2 Å². The first-order valence-electron chi connectivity index (χ1n) is 9.03. The van der Waals surface area contributed by atoms with Crippen molar-refractivity contribution in [3.63, 3.8) is 0 Å². The number of carbonyl (C=O) groups excluding carboxylic acids is 3. The van der Waals surface area contributed by atoms with Crippen molar-refractivity contribution in [2.75, 3.05) is 29.3 Å². The molecule has 0 bridgehead atoms. The van der Waals surface area contributed by atoms with E-state index in [-0.39, 0.29) is 0 Å². The van der Waals surface area contributed by atoms with Gasteiger partial charge in [0.1, 0.15) is 0 Å². The lowest BCUT2D eigenvalue weighted by molar-refractivity contribution is 0.567. The van der Waals surface area contributed by atoms with Crippen LogP contribution in [0.1, 0.15) is 19.8 Å². The van der Waals surface area contributed by atoms with Gasteiger partial charge in [-0.15, -0.1) is 0 Å². The summed E-state index contributed by atoms with van der Waals surface area (Å²) in [6.07, 6.45) is 7.15. The Morgan fingerprint density at radius 3 is 1.68 bits per heavy atom. The van der Waals surface area contributed by atoms with Crippen molar-refractivity contribution >= 4 is 127 Å². The Bertz CT molecular complexity index is 401. The molecule has 0 aliphatic heterocycles. The second-order valence-corrected chi connectivity index (χ2v) is 16.6. The fourth-order valence-corrected chi connectivity index (χ4v) is 12.1. The third-order valence-electron chi connectivity index (χ3n) is 3.22. The van der Waals surface area contributed by atoms with Crippen molar-refractivity contribution in [3.8, 4) is 0 Å². The molecule has 158 valence electrons. The minimum atomic E-state index is 0.339. The molecule has 0 spiro atoms. The topological polar surface area (TPSA) is 51.2 Å². The molecule has 0 saturated carbocycles. The number of hydrogen-bond acceptors (Lipinski definition) is 11. The van der Waals surface area contributed by atoms with Gasteiger partial charge in [0.25, 0.3) is 0 Å². The third-order valence-corrected chi connectivity index (χ3v) is 14.1. The van der Waals surface area contributed by atoms with Crippen molar-refractivity contribution in [1.82, 2.24) is 0 Å². The van der Waals surface area contributed by atoms with Crippen molar-refractivity contribution in [2.24, 2.45) is 0 Å². The number of rotatable bonds is 22. The van der Waals surface area contributed by atoms with E-state index in [0.29, 0.717) is 37.3 Å². The molecule has 0 aliphatic carbocycles. The molecule has 3 atom stereocenters. The minimum absolute atomic E-state index is 0.339. The van der Waals surface area contributed by atoms with Gasteiger partial charge in [0.2, 0.25) is 21.8 Å². The van der Waals surface area contributed by atoms with E-state index in [1.165, 1.54) is 0 Å². The number of hydrogen-bond donors (Lipinski definition) is 0. The van der Waals surface area contributed by atoms with Gasteiger partial charge in [-0.3, -0.25) is 0 Å². The van der Waals surface area contributed by atoms with Crippen LogP contribution in [0.4, 0.5) is 0 Å². The van der Waals surface area contributed by atoms with Crippen molar-refractivity contribution < 1.29 is 14.4 Å². The Morgan fingerprint density at radius 2 is 1.21 bits per heavy atom. The van der Waals surface area contributed by atoms with E-state index < -0.39 is 0 Å². The predicted molar refractivity (Wildman–Crippen MR) is 154 cm³/mol. The van der Waals surface area contributed by atoms with Crippen LogP contribution in [-0.2, 0) is 14.4 Å². The molecule has 0 radical (unpaired) electrons. The lowest BCUT2D eigenvalue weighted by Crippen LogP contribution is -2.17. The molecular formula is C14H27B3O3S8. The lowest BCUT2D eigenvalue weighted by Gasteiger charge is -2.15. The monoisotopic (exact) mass is 532 g/mol. The van der Waals surface area contributed by atoms with E-state index in [0.717, 1.165) is 54.4 Å². The third kappa shape index (κ3) is 18.7. The molecule has 0 aromatic rings. The summed E-state index contributed by atoms with van der Waals surface area (Å²) < 4.78 is 0. The average Bonchev–Trinajstić information content (AvgIpc) is 2.68. The van der Waals surface area contributed by atoms with Gasteiger partial charge in [-0.25, -0.2) is 0 Å². The first-order valence-corrected chi connectivity index (χ1v) is 18.9. The molecule has 0 aromatic heterocycles. The summed E-state index contributed by atoms with van der Waals surface area (Å²) in [7, 11) is 16.2. The van der Waals surface area contributed by atoms with Gasteiger partial charge >= 0.3 is 0 Å². The standard InChI is InChI=1S/C14H27B3O3S8/c1-3-22-27-12(15-9-18)4-6-23-24-7-5-13(16-10-19)28-25-8-14(17-11-20)26-21-2/h9-17H,3-8H2,1-2H3. The van der Waals surface area contributed by atoms with Gasteiger partial charge in [-0.1, -0.05) is 93.3 Å². The van der Waals surface area contributed by atoms with Crippen LogP contribution < -0.4 is 0 Å². The molecule has 0 N–H and O–H groups in total. The summed E-state index contributed by atoms with van der Waals surface area (Å²) >= 11 is 0. The molecule has 0 fully saturated rings. The molecule has 0 amide bonds. The van der Waals surface area contributed by atoms with E-state index in [2.05, 4.69) is 6.92 Å². The molecule has 3 unspecified atom stereocenters. The SMILES string of the molecule is CCSSC(BC=O)CCSSCCC(BC=O)SSCC(BC=O)SSC. The zero-order valence-corrected chi connectivity index (χ0v) is 22.9. The number of carbonyl (C=O) groups is 3. The van der Waals surface area contributed by atoms with Crippen molar-refractivity contribution in [1.29, 1.82) is 0 Å². The van der Waals surface area contributed by atoms with Gasteiger partial charge in [0, 0.05) is 28.2 Å². The van der Waals surface area contributed by atoms with Crippen LogP contribution in [0.3, 0.4) is 0 Å². The summed E-state index contributed by atoms with van der Waals surface area (Å²) in [4.78, 5) is 32.5. The Morgan fingerprint density at radius 1 is 0.714 bits per heavy atom. The van der Waals surface area contributed by atoms with Gasteiger partial charge in [-0.2, -0.15) is 0 Å². The normalized spacial score (nSPS) is 13.9. The zero-order valence-electron chi connectivity index (χ0n) is 16.3. The van der Waals surface area contributed by atoms with E-state index in [9.17, 15) is 14.4 Å². The zero-order chi connectivity index (χ0) is 20.9. The Kier molecular flexibility index (Phi) is 25.4. The molecule has 0 rings (SSSR count). The lowest BCUT2D eigenvalue weighted by atomic mass is 9.75. The van der Waals surface area contributed by atoms with Crippen LogP contribution >= 0.6 is 86.4 Å². The Balaban J connectivity index is 3.94. The molecule has 0 saturated heterocycles. The van der Waals surface area contributed by atoms with Crippen molar-refractivity contribution in [3.05, 3.63) is 0 Å². The van der Waals surface area contributed by atoms with Crippen LogP contribution in [0, 0.1) is 0 Å². The maximum Gasteiger partial charge on any atom is 0.217 e. The largest absolute Gasteiger partial charge is 0.315 e. The van der Waals surface area contributed by atoms with Crippen LogP contribution in [0.15, 0.2) is 0 Å². The average molecular weight is 532 g/mol. The minimum Gasteiger partial charge on any atom is -0.315 e. The van der Waals surface area contributed by atoms with E-state index >= 15 is 0 Å². The summed E-state index contributed by atoms with van der Waals surface area (Å²) in [6, 6.07) is 0. The highest BCUT2D eigenvalue weighted by atomic mass is 33.1. The van der Waals surface area contributed by atoms with Crippen LogP contribution in [0.2, 0.25) is 0 Å². The first-order chi connectivity index (χ1) is 13.7. The predicted octanol–water partition coefficient (Wildman–Crippen LogP) is 3.80. The second-order valence-electron chi connectivity index (χ2n) is 5.44. The highest BCUT2D eigenvalue weighted by molar-refractivity contribution is 8.79. The highest BCUT2D eigenvalue weighted by Gasteiger charge is 2.16. The highest BCUT2D eigenvalue weighted by Crippen LogP contribution is 2.35. The fourth-order valence-electron chi connectivity index (χ4n) is 1.86. The Labute approximate surface area is 204 Å². The van der Waals surface area contributed by atoms with Gasteiger partial charge in [-0.05, 0) is 29.4 Å². The van der Waals surface area contributed by atoms with Crippen LogP contribution in [0.25, 0.3) is 0 Å². The van der Waals surface area contributed by atoms with Crippen LogP contribution in [-0.4, -0.2) is 85.1 Å². The summed E-state index contributed by atoms with van der Waals surface area (Å²) in [5.41, 5.74) is 0. The summed E-state index contributed by atoms with van der Waals surface area (Å²) in [5.74, 6) is 4.09. The van der Waals surface area contributed by atoms with Gasteiger partial charge < -0.3 is 14.4 Å². The maximum atomic E-state index is 11.0. The molecular weight excluding hydrogens is 505 g/mol. The summed E-state index contributed by atoms with van der Waals surface area (Å²) in [5, 5.41) is 1.10. The molecule has 3 nitrogen and oxygen atoms in total. The Hall–Kier alpha value is 2.00. The van der Waals surface area contributed by atoms with Crippen LogP contribution in [0.5, 0.6) is 0 Å². The molecule has 28 heavy (non-hydrogen) atoms. The molecule has 0 heterocycles. The second kappa shape index (κ2) is 23.7. The smallest absolute Gasteiger partial charge is 0.217 e. The quantitative estimate of drug-likeness (QED) is 0.0886. The van der Waals surface area contributed by atoms with Gasteiger partial charge in [0.15, 0.2) is 0 Å². The maximum absolute atomic E-state index is 11.0. The van der Waals surface area contributed by atoms with Crippen molar-refractivity contribution in [2.45, 2.75) is 35.2 Å². The molecule has 0 aliphatic rings. The van der Waals surface area contributed by atoms with Gasteiger partial charge in [0.05, 0.1) is 18.6 Å². The fraction of sp³-hybridized carbons (Fsp3) is 0.786. The van der Waals surface area contributed by atoms with E-state index in [4.69, 9.17) is 0 Å². The first kappa shape index (κ1) is 30.0. The van der Waals surface area contributed by atoms with E-state index in [1.807, 2.05) is 49.4 Å². The molecule has 0 aromatic carbocycles.